The highest BCUT2D eigenvalue weighted by Crippen LogP contribution is 2.33. The molecular weight excluding hydrogens is 256 g/mol. The zero-order chi connectivity index (χ0) is 14.1. The third-order valence-electron chi connectivity index (χ3n) is 4.60. The van der Waals surface area contributed by atoms with Crippen molar-refractivity contribution in [3.05, 3.63) is 60.3 Å². The molecule has 1 aromatic heterocycles. The summed E-state index contributed by atoms with van der Waals surface area (Å²) in [5, 5.41) is 4.84. The number of hydrogen-bond acceptors (Lipinski definition) is 1. The van der Waals surface area contributed by atoms with Gasteiger partial charge in [0.15, 0.2) is 0 Å². The minimum atomic E-state index is 0.686. The fraction of sp³-hybridized carbons (Fsp3) is 0.263. The third kappa shape index (κ3) is 2.36. The quantitative estimate of drug-likeness (QED) is 0.717. The van der Waals surface area contributed by atoms with E-state index in [1.54, 1.807) is 0 Å². The summed E-state index contributed by atoms with van der Waals surface area (Å²) in [5.41, 5.74) is 5.34. The first-order chi connectivity index (χ1) is 10.4. The first-order valence-electron chi connectivity index (χ1n) is 7.79. The Kier molecular flexibility index (Phi) is 3.24. The van der Waals surface area contributed by atoms with Crippen LogP contribution in [-0.4, -0.2) is 18.1 Å². The van der Waals surface area contributed by atoms with E-state index in [0.29, 0.717) is 5.92 Å². The van der Waals surface area contributed by atoms with Crippen molar-refractivity contribution in [2.75, 3.05) is 13.1 Å². The summed E-state index contributed by atoms with van der Waals surface area (Å²) < 4.78 is 0. The minimum Gasteiger partial charge on any atom is -0.361 e. The van der Waals surface area contributed by atoms with Crippen LogP contribution in [0, 0.1) is 0 Å². The van der Waals surface area contributed by atoms with Gasteiger partial charge in [-0.15, -0.1) is 0 Å². The molecule has 2 heterocycles. The molecule has 0 aliphatic carbocycles. The number of aromatic amines is 1. The largest absolute Gasteiger partial charge is 0.361 e. The van der Waals surface area contributed by atoms with Gasteiger partial charge >= 0.3 is 0 Å². The molecule has 0 unspecified atom stereocenters. The fourth-order valence-corrected chi connectivity index (χ4v) is 3.42. The predicted molar refractivity (Wildman–Crippen MR) is 88.6 cm³/mol. The van der Waals surface area contributed by atoms with Gasteiger partial charge in [-0.25, -0.2) is 0 Å². The molecule has 2 heteroatoms. The Morgan fingerprint density at radius 1 is 0.857 bits per heavy atom. The average Bonchev–Trinajstić information content (AvgIpc) is 2.99. The lowest BCUT2D eigenvalue weighted by Crippen LogP contribution is -2.26. The molecule has 106 valence electrons. The van der Waals surface area contributed by atoms with Crippen molar-refractivity contribution < 1.29 is 0 Å². The van der Waals surface area contributed by atoms with Crippen LogP contribution in [0.2, 0.25) is 0 Å². The lowest BCUT2D eigenvalue weighted by atomic mass is 9.89. The van der Waals surface area contributed by atoms with E-state index in [0.717, 1.165) is 13.1 Å². The Hall–Kier alpha value is -2.06. The van der Waals surface area contributed by atoms with Gasteiger partial charge in [0.05, 0.1) is 0 Å². The maximum absolute atomic E-state index is 3.45. The normalized spacial score (nSPS) is 16.4. The Morgan fingerprint density at radius 2 is 1.67 bits per heavy atom. The molecule has 0 saturated carbocycles. The molecule has 21 heavy (non-hydrogen) atoms. The Balaban J connectivity index is 1.79. The van der Waals surface area contributed by atoms with Crippen LogP contribution in [0.5, 0.6) is 0 Å². The van der Waals surface area contributed by atoms with Gasteiger partial charge in [-0.1, -0.05) is 36.4 Å². The highest BCUT2D eigenvalue weighted by Gasteiger charge is 2.18. The molecule has 2 aromatic carbocycles. The van der Waals surface area contributed by atoms with E-state index < -0.39 is 0 Å². The standard InChI is InChI=1S/C19H20N2/c1-2-4-14(5-3-1)16-6-7-19-17(12-16)18(13-21-19)15-8-10-20-11-9-15/h1-7,12-13,15,20-21H,8-11H2. The van der Waals surface area contributed by atoms with Crippen molar-refractivity contribution in [1.82, 2.24) is 10.3 Å². The van der Waals surface area contributed by atoms with Crippen molar-refractivity contribution in [3.63, 3.8) is 0 Å². The molecule has 0 atom stereocenters. The number of aromatic nitrogens is 1. The van der Waals surface area contributed by atoms with E-state index in [4.69, 9.17) is 0 Å². The lowest BCUT2D eigenvalue weighted by molar-refractivity contribution is 0.462. The number of rotatable bonds is 2. The molecule has 0 amide bonds. The second-order valence-electron chi connectivity index (χ2n) is 5.89. The second kappa shape index (κ2) is 5.38. The number of piperidine rings is 1. The van der Waals surface area contributed by atoms with Gasteiger partial charge in [-0.05, 0) is 60.7 Å². The summed E-state index contributed by atoms with van der Waals surface area (Å²) in [5.74, 6) is 0.686. The fourth-order valence-electron chi connectivity index (χ4n) is 3.42. The van der Waals surface area contributed by atoms with Crippen LogP contribution in [0.3, 0.4) is 0 Å². The van der Waals surface area contributed by atoms with Crippen LogP contribution in [-0.2, 0) is 0 Å². The van der Waals surface area contributed by atoms with Crippen LogP contribution < -0.4 is 5.32 Å². The average molecular weight is 276 g/mol. The van der Waals surface area contributed by atoms with Crippen LogP contribution in [0.15, 0.2) is 54.7 Å². The summed E-state index contributed by atoms with van der Waals surface area (Å²) in [6.07, 6.45) is 4.69. The topological polar surface area (TPSA) is 27.8 Å². The minimum absolute atomic E-state index is 0.686. The summed E-state index contributed by atoms with van der Waals surface area (Å²) in [6, 6.07) is 17.4. The molecule has 0 spiro atoms. The first kappa shape index (κ1) is 12.7. The van der Waals surface area contributed by atoms with E-state index in [2.05, 4.69) is 65.0 Å². The van der Waals surface area contributed by atoms with E-state index in [9.17, 15) is 0 Å². The Bertz CT molecular complexity index is 737. The van der Waals surface area contributed by atoms with Crippen molar-refractivity contribution in [3.8, 4) is 11.1 Å². The maximum Gasteiger partial charge on any atom is 0.0457 e. The molecule has 0 radical (unpaired) electrons. The molecule has 2 N–H and O–H groups in total. The third-order valence-corrected chi connectivity index (χ3v) is 4.60. The number of H-pyrrole nitrogens is 1. The van der Waals surface area contributed by atoms with Crippen LogP contribution in [0.25, 0.3) is 22.0 Å². The summed E-state index contributed by atoms with van der Waals surface area (Å²) in [4.78, 5) is 3.44. The monoisotopic (exact) mass is 276 g/mol. The van der Waals surface area contributed by atoms with Gasteiger partial charge in [0.1, 0.15) is 0 Å². The van der Waals surface area contributed by atoms with Crippen LogP contribution in [0.1, 0.15) is 24.3 Å². The zero-order valence-electron chi connectivity index (χ0n) is 12.1. The van der Waals surface area contributed by atoms with Crippen molar-refractivity contribution in [2.45, 2.75) is 18.8 Å². The molecule has 2 nitrogen and oxygen atoms in total. The maximum atomic E-state index is 3.45. The van der Waals surface area contributed by atoms with Crippen LogP contribution >= 0.6 is 0 Å². The van der Waals surface area contributed by atoms with E-state index in [1.807, 2.05) is 0 Å². The van der Waals surface area contributed by atoms with E-state index >= 15 is 0 Å². The SMILES string of the molecule is c1ccc(-c2ccc3[nH]cc(C4CCNCC4)c3c2)cc1. The lowest BCUT2D eigenvalue weighted by Gasteiger charge is -2.22. The van der Waals surface area contributed by atoms with Crippen molar-refractivity contribution in [2.24, 2.45) is 0 Å². The number of nitrogens with one attached hydrogen (secondary N) is 2. The number of benzene rings is 2. The van der Waals surface area contributed by atoms with Gasteiger partial charge in [0, 0.05) is 17.1 Å². The van der Waals surface area contributed by atoms with Gasteiger partial charge in [0.2, 0.25) is 0 Å². The van der Waals surface area contributed by atoms with E-state index in [-0.39, 0.29) is 0 Å². The smallest absolute Gasteiger partial charge is 0.0457 e. The molecule has 1 saturated heterocycles. The van der Waals surface area contributed by atoms with Crippen molar-refractivity contribution >= 4 is 10.9 Å². The Morgan fingerprint density at radius 3 is 2.48 bits per heavy atom. The van der Waals surface area contributed by atoms with Gasteiger partial charge in [-0.3, -0.25) is 0 Å². The molecule has 4 rings (SSSR count). The van der Waals surface area contributed by atoms with Gasteiger partial charge in [-0.2, -0.15) is 0 Å². The zero-order valence-corrected chi connectivity index (χ0v) is 12.1. The van der Waals surface area contributed by atoms with Crippen molar-refractivity contribution in [1.29, 1.82) is 0 Å². The number of fused-ring (bicyclic) bond motifs is 1. The van der Waals surface area contributed by atoms with Crippen LogP contribution in [0.4, 0.5) is 0 Å². The molecule has 1 aliphatic rings. The van der Waals surface area contributed by atoms with Gasteiger partial charge in [0.25, 0.3) is 0 Å². The molecule has 1 aliphatic heterocycles. The Labute approximate surface area is 125 Å². The summed E-state index contributed by atoms with van der Waals surface area (Å²) in [7, 11) is 0. The predicted octanol–water partition coefficient (Wildman–Crippen LogP) is 4.30. The highest BCUT2D eigenvalue weighted by molar-refractivity contribution is 5.88. The molecule has 1 fully saturated rings. The summed E-state index contributed by atoms with van der Waals surface area (Å²) >= 11 is 0. The number of hydrogen-bond donors (Lipinski definition) is 2. The molecule has 3 aromatic rings. The highest BCUT2D eigenvalue weighted by atomic mass is 14.9. The molecule has 0 bridgehead atoms. The van der Waals surface area contributed by atoms with E-state index in [1.165, 1.54) is 40.4 Å². The first-order valence-corrected chi connectivity index (χ1v) is 7.79. The van der Waals surface area contributed by atoms with Gasteiger partial charge < -0.3 is 10.3 Å². The summed E-state index contributed by atoms with van der Waals surface area (Å²) in [6.45, 7) is 2.27. The second-order valence-corrected chi connectivity index (χ2v) is 5.89. The molecular formula is C19H20N2.